The maximum absolute atomic E-state index is 13.5. The minimum Gasteiger partial charge on any atom is -0.493 e. The van der Waals surface area contributed by atoms with Gasteiger partial charge in [0.1, 0.15) is 5.70 Å². The van der Waals surface area contributed by atoms with Crippen molar-refractivity contribution in [3.8, 4) is 11.5 Å². The van der Waals surface area contributed by atoms with Crippen LogP contribution < -0.4 is 20.1 Å². The van der Waals surface area contributed by atoms with Gasteiger partial charge in [0.15, 0.2) is 17.3 Å². The Hall–Kier alpha value is -5.42. The van der Waals surface area contributed by atoms with E-state index >= 15 is 0 Å². The molecule has 0 heterocycles. The predicted octanol–water partition coefficient (Wildman–Crippen LogP) is 6.00. The number of nitrogens with one attached hydrogen (secondary N) is 2. The molecule has 0 radical (unpaired) electrons. The van der Waals surface area contributed by atoms with Crippen molar-refractivity contribution < 1.29 is 28.8 Å². The highest BCUT2D eigenvalue weighted by Crippen LogP contribution is 2.32. The number of amides is 2. The summed E-state index contributed by atoms with van der Waals surface area (Å²) < 4.78 is 10.9. The van der Waals surface area contributed by atoms with Gasteiger partial charge in [0.2, 0.25) is 0 Å². The Morgan fingerprint density at radius 1 is 0.860 bits per heavy atom. The van der Waals surface area contributed by atoms with Crippen LogP contribution in [0.4, 0.5) is 11.4 Å². The molecule has 0 unspecified atom stereocenters. The van der Waals surface area contributed by atoms with Crippen molar-refractivity contribution in [2.75, 3.05) is 25.3 Å². The van der Waals surface area contributed by atoms with Crippen LogP contribution in [0.2, 0.25) is 0 Å². The molecule has 4 rings (SSSR count). The first kappa shape index (κ1) is 30.5. The highest BCUT2D eigenvalue weighted by molar-refractivity contribution is 8.00. The molecule has 11 heteroatoms. The third-order valence-electron chi connectivity index (χ3n) is 6.10. The standard InChI is InChI=1S/C32H27N3O7S/c1-41-29-16-7-12-23(30(29)42-2)18-27(34-31(37)21-9-4-3-5-10-21)32(38)33-24-13-8-15-26(19-24)43-20-28(36)22-11-6-14-25(17-22)35(39)40/h3-19H,20H2,1-2H3,(H,33,38)(H,34,37)/b27-18-. The predicted molar refractivity (Wildman–Crippen MR) is 165 cm³/mol. The maximum atomic E-state index is 13.5. The van der Waals surface area contributed by atoms with E-state index < -0.39 is 16.7 Å². The largest absolute Gasteiger partial charge is 0.493 e. The van der Waals surface area contributed by atoms with E-state index in [1.807, 2.05) is 0 Å². The highest BCUT2D eigenvalue weighted by atomic mass is 32.2. The fourth-order valence-electron chi connectivity index (χ4n) is 4.01. The van der Waals surface area contributed by atoms with Crippen LogP contribution in [0.3, 0.4) is 0 Å². The molecule has 0 aromatic heterocycles. The number of methoxy groups -OCH3 is 2. The lowest BCUT2D eigenvalue weighted by Gasteiger charge is -2.14. The summed E-state index contributed by atoms with van der Waals surface area (Å²) >= 11 is 1.22. The lowest BCUT2D eigenvalue weighted by Crippen LogP contribution is -2.30. The van der Waals surface area contributed by atoms with Crippen molar-refractivity contribution in [2.24, 2.45) is 0 Å². The maximum Gasteiger partial charge on any atom is 0.272 e. The van der Waals surface area contributed by atoms with Crippen LogP contribution in [-0.2, 0) is 4.79 Å². The molecule has 0 aliphatic rings. The topological polar surface area (TPSA) is 137 Å². The molecule has 0 saturated heterocycles. The zero-order chi connectivity index (χ0) is 30.8. The van der Waals surface area contributed by atoms with Crippen molar-refractivity contribution in [1.82, 2.24) is 5.32 Å². The first-order chi connectivity index (χ1) is 20.8. The van der Waals surface area contributed by atoms with Crippen molar-refractivity contribution in [3.63, 3.8) is 0 Å². The number of para-hydroxylation sites is 1. The minimum atomic E-state index is -0.594. The van der Waals surface area contributed by atoms with Gasteiger partial charge in [0, 0.05) is 39.4 Å². The third-order valence-corrected chi connectivity index (χ3v) is 7.10. The lowest BCUT2D eigenvalue weighted by molar-refractivity contribution is -0.384. The number of nitro groups is 1. The smallest absolute Gasteiger partial charge is 0.272 e. The number of hydrogen-bond donors (Lipinski definition) is 2. The molecule has 0 aliphatic carbocycles. The van der Waals surface area contributed by atoms with Crippen LogP contribution in [0, 0.1) is 10.1 Å². The number of ketones is 1. The molecule has 4 aromatic carbocycles. The summed E-state index contributed by atoms with van der Waals surface area (Å²) in [7, 11) is 2.98. The molecule has 0 saturated carbocycles. The number of ether oxygens (including phenoxy) is 2. The molecule has 0 aliphatic heterocycles. The van der Waals surface area contributed by atoms with E-state index in [9.17, 15) is 24.5 Å². The first-order valence-corrected chi connectivity index (χ1v) is 13.9. The molecule has 0 bridgehead atoms. The van der Waals surface area contributed by atoms with Crippen LogP contribution >= 0.6 is 11.8 Å². The van der Waals surface area contributed by atoms with E-state index in [1.165, 1.54) is 56.3 Å². The molecule has 10 nitrogen and oxygen atoms in total. The molecular formula is C32H27N3O7S. The van der Waals surface area contributed by atoms with E-state index in [-0.39, 0.29) is 28.5 Å². The first-order valence-electron chi connectivity index (χ1n) is 12.9. The van der Waals surface area contributed by atoms with Crippen LogP contribution in [0.15, 0.2) is 108 Å². The average molecular weight is 598 g/mol. The van der Waals surface area contributed by atoms with Crippen LogP contribution in [0.1, 0.15) is 26.3 Å². The number of carbonyl (C=O) groups is 3. The van der Waals surface area contributed by atoms with Crippen molar-refractivity contribution in [2.45, 2.75) is 4.90 Å². The van der Waals surface area contributed by atoms with Gasteiger partial charge >= 0.3 is 0 Å². The Kier molecular flexibility index (Phi) is 10.3. The van der Waals surface area contributed by atoms with E-state index in [0.717, 1.165) is 0 Å². The summed E-state index contributed by atoms with van der Waals surface area (Å²) in [6.07, 6.45) is 1.49. The molecule has 4 aromatic rings. The number of thioether (sulfide) groups is 1. The molecule has 218 valence electrons. The average Bonchev–Trinajstić information content (AvgIpc) is 3.03. The van der Waals surface area contributed by atoms with Crippen molar-refractivity contribution in [1.29, 1.82) is 0 Å². The van der Waals surface area contributed by atoms with Crippen LogP contribution in [-0.4, -0.2) is 42.5 Å². The van der Waals surface area contributed by atoms with E-state index in [1.54, 1.807) is 72.8 Å². The fraction of sp³-hybridized carbons (Fsp3) is 0.0938. The van der Waals surface area contributed by atoms with Gasteiger partial charge in [0.05, 0.1) is 24.9 Å². The fourth-order valence-corrected chi connectivity index (χ4v) is 4.86. The van der Waals surface area contributed by atoms with E-state index in [0.29, 0.717) is 33.2 Å². The van der Waals surface area contributed by atoms with Gasteiger partial charge in [-0.1, -0.05) is 48.5 Å². The second-order valence-electron chi connectivity index (χ2n) is 8.96. The number of anilines is 1. The quantitative estimate of drug-likeness (QED) is 0.0667. The highest BCUT2D eigenvalue weighted by Gasteiger charge is 2.18. The number of Topliss-reactive ketones (excluding diaryl/α,β-unsaturated/α-hetero) is 1. The molecule has 0 atom stereocenters. The summed E-state index contributed by atoms with van der Waals surface area (Å²) in [6, 6.07) is 26.1. The van der Waals surface area contributed by atoms with Gasteiger partial charge in [-0.05, 0) is 42.5 Å². The molecule has 2 amide bonds. The molecule has 43 heavy (non-hydrogen) atoms. The normalized spacial score (nSPS) is 10.9. The number of hydrogen-bond acceptors (Lipinski definition) is 8. The van der Waals surface area contributed by atoms with Crippen molar-refractivity contribution >= 4 is 46.8 Å². The second kappa shape index (κ2) is 14.5. The number of nitro benzene ring substituents is 1. The van der Waals surface area contributed by atoms with Crippen LogP contribution in [0.5, 0.6) is 11.5 Å². The lowest BCUT2D eigenvalue weighted by atomic mass is 10.1. The second-order valence-corrected chi connectivity index (χ2v) is 10.0. The van der Waals surface area contributed by atoms with Gasteiger partial charge in [-0.2, -0.15) is 0 Å². The Labute approximate surface area is 251 Å². The van der Waals surface area contributed by atoms with Crippen molar-refractivity contribution in [3.05, 3.63) is 130 Å². The van der Waals surface area contributed by atoms with Gasteiger partial charge < -0.3 is 20.1 Å². The Balaban J connectivity index is 1.54. The number of rotatable bonds is 12. The van der Waals surface area contributed by atoms with Gasteiger partial charge in [-0.15, -0.1) is 11.8 Å². The van der Waals surface area contributed by atoms with E-state index in [4.69, 9.17) is 9.47 Å². The Morgan fingerprint density at radius 3 is 2.30 bits per heavy atom. The summed E-state index contributed by atoms with van der Waals surface area (Å²) in [5, 5.41) is 16.5. The minimum absolute atomic E-state index is 0.0342. The summed E-state index contributed by atoms with van der Waals surface area (Å²) in [5.41, 5.74) is 1.34. The van der Waals surface area contributed by atoms with Gasteiger partial charge in [0.25, 0.3) is 17.5 Å². The molecular weight excluding hydrogens is 570 g/mol. The van der Waals surface area contributed by atoms with Gasteiger partial charge in [-0.3, -0.25) is 24.5 Å². The zero-order valence-corrected chi connectivity index (χ0v) is 24.1. The molecule has 0 fully saturated rings. The summed E-state index contributed by atoms with van der Waals surface area (Å²) in [6.45, 7) is 0. The van der Waals surface area contributed by atoms with Crippen LogP contribution in [0.25, 0.3) is 6.08 Å². The number of carbonyl (C=O) groups excluding carboxylic acids is 3. The third kappa shape index (κ3) is 8.08. The Morgan fingerprint density at radius 2 is 1.58 bits per heavy atom. The Bertz CT molecular complexity index is 1690. The zero-order valence-electron chi connectivity index (χ0n) is 23.2. The SMILES string of the molecule is COc1cccc(/C=C(\NC(=O)c2ccccc2)C(=O)Nc2cccc(SCC(=O)c3cccc([N+](=O)[O-])c3)c2)c1OC. The monoisotopic (exact) mass is 597 g/mol. The van der Waals surface area contributed by atoms with E-state index in [2.05, 4.69) is 10.6 Å². The number of non-ortho nitro benzene ring substituents is 1. The summed E-state index contributed by atoms with van der Waals surface area (Å²) in [5.74, 6) is -0.473. The molecule has 2 N–H and O–H groups in total. The number of benzene rings is 4. The molecule has 0 spiro atoms. The summed E-state index contributed by atoms with van der Waals surface area (Å²) in [4.78, 5) is 50.3. The van der Waals surface area contributed by atoms with Gasteiger partial charge in [-0.25, -0.2) is 0 Å². The number of nitrogens with zero attached hydrogens (tertiary/aromatic N) is 1.